The zero-order chi connectivity index (χ0) is 18.4. The number of nitrogens with one attached hydrogen (secondary N) is 1. The monoisotopic (exact) mass is 346 g/mol. The maximum Gasteiger partial charge on any atom is 0.259 e. The second-order valence-electron chi connectivity index (χ2n) is 5.55. The average molecular weight is 346 g/mol. The molecule has 0 aliphatic heterocycles. The molecule has 1 amide bonds. The molecule has 5 heteroatoms. The summed E-state index contributed by atoms with van der Waals surface area (Å²) in [7, 11) is 0. The molecule has 26 heavy (non-hydrogen) atoms. The number of rotatable bonds is 5. The Morgan fingerprint density at radius 3 is 2.38 bits per heavy atom. The fourth-order valence-electron chi connectivity index (χ4n) is 2.35. The van der Waals surface area contributed by atoms with Crippen molar-refractivity contribution in [2.75, 3.05) is 5.32 Å². The predicted octanol–water partition coefficient (Wildman–Crippen LogP) is 4.53. The van der Waals surface area contributed by atoms with Crippen molar-refractivity contribution >= 4 is 11.6 Å². The maximum absolute atomic E-state index is 13.0. The Balaban J connectivity index is 1.72. The third-order valence-electron chi connectivity index (χ3n) is 3.71. The Morgan fingerprint density at radius 2 is 1.69 bits per heavy atom. The van der Waals surface area contributed by atoms with Crippen molar-refractivity contribution in [1.29, 1.82) is 5.26 Å². The Hall–Kier alpha value is -3.65. The second kappa shape index (κ2) is 7.95. The zero-order valence-electron chi connectivity index (χ0n) is 13.8. The third-order valence-corrected chi connectivity index (χ3v) is 3.71. The highest BCUT2D eigenvalue weighted by atomic mass is 19.1. The Bertz CT molecular complexity index is 945. The lowest BCUT2D eigenvalue weighted by Gasteiger charge is -2.12. The highest BCUT2D eigenvalue weighted by Crippen LogP contribution is 2.21. The molecule has 0 radical (unpaired) electrons. The van der Waals surface area contributed by atoms with Gasteiger partial charge in [0, 0.05) is 5.69 Å². The molecule has 3 aromatic rings. The van der Waals surface area contributed by atoms with Crippen LogP contribution in [0, 0.1) is 17.1 Å². The van der Waals surface area contributed by atoms with Crippen LogP contribution in [-0.2, 0) is 6.61 Å². The predicted molar refractivity (Wildman–Crippen MR) is 96.3 cm³/mol. The maximum atomic E-state index is 13.0. The van der Waals surface area contributed by atoms with Crippen molar-refractivity contribution < 1.29 is 13.9 Å². The molecule has 0 bridgehead atoms. The van der Waals surface area contributed by atoms with E-state index in [-0.39, 0.29) is 18.3 Å². The van der Waals surface area contributed by atoms with E-state index in [0.29, 0.717) is 22.6 Å². The number of ether oxygens (including phenoxy) is 1. The van der Waals surface area contributed by atoms with Crippen LogP contribution >= 0.6 is 0 Å². The number of nitrogens with zero attached hydrogens (tertiary/aromatic N) is 1. The van der Waals surface area contributed by atoms with Crippen LogP contribution < -0.4 is 10.1 Å². The molecule has 3 aromatic carbocycles. The van der Waals surface area contributed by atoms with Gasteiger partial charge in [0.05, 0.1) is 17.2 Å². The minimum absolute atomic E-state index is 0.224. The molecule has 0 aromatic heterocycles. The minimum Gasteiger partial charge on any atom is -0.488 e. The number of carbonyl (C=O) groups is 1. The topological polar surface area (TPSA) is 62.1 Å². The van der Waals surface area contributed by atoms with Gasteiger partial charge in [-0.1, -0.05) is 24.3 Å². The van der Waals surface area contributed by atoms with Crippen molar-refractivity contribution in [2.45, 2.75) is 6.61 Å². The molecule has 4 nitrogen and oxygen atoms in total. The highest BCUT2D eigenvalue weighted by Gasteiger charge is 2.12. The lowest BCUT2D eigenvalue weighted by Crippen LogP contribution is -2.13. The molecule has 3 rings (SSSR count). The van der Waals surface area contributed by atoms with Crippen LogP contribution in [0.3, 0.4) is 0 Å². The van der Waals surface area contributed by atoms with Crippen molar-refractivity contribution in [2.24, 2.45) is 0 Å². The van der Waals surface area contributed by atoms with Gasteiger partial charge in [0.1, 0.15) is 18.2 Å². The van der Waals surface area contributed by atoms with Crippen LogP contribution in [-0.4, -0.2) is 5.91 Å². The number of amides is 1. The molecule has 0 saturated heterocycles. The number of hydrogen-bond acceptors (Lipinski definition) is 3. The summed E-state index contributed by atoms with van der Waals surface area (Å²) in [5.74, 6) is -0.191. The van der Waals surface area contributed by atoms with Gasteiger partial charge in [0.25, 0.3) is 5.91 Å². The summed E-state index contributed by atoms with van der Waals surface area (Å²) in [6.07, 6.45) is 0. The molecule has 0 unspecified atom stereocenters. The average Bonchev–Trinajstić information content (AvgIpc) is 2.68. The molecule has 0 fully saturated rings. The number of benzene rings is 3. The fraction of sp³-hybridized carbons (Fsp3) is 0.0476. The first-order valence-electron chi connectivity index (χ1n) is 7.93. The van der Waals surface area contributed by atoms with Crippen LogP contribution in [0.25, 0.3) is 0 Å². The number of nitriles is 1. The molecule has 0 heterocycles. The Labute approximate surface area is 150 Å². The first kappa shape index (κ1) is 17.2. The van der Waals surface area contributed by atoms with Gasteiger partial charge in [0.2, 0.25) is 0 Å². The van der Waals surface area contributed by atoms with Crippen molar-refractivity contribution in [1.82, 2.24) is 0 Å². The van der Waals surface area contributed by atoms with E-state index in [4.69, 9.17) is 10.00 Å². The normalized spacial score (nSPS) is 10.0. The quantitative estimate of drug-likeness (QED) is 0.738. The molecular formula is C21H15FN2O2. The van der Waals surface area contributed by atoms with Gasteiger partial charge in [-0.05, 0) is 54.1 Å². The fourth-order valence-corrected chi connectivity index (χ4v) is 2.35. The highest BCUT2D eigenvalue weighted by molar-refractivity contribution is 6.06. The molecule has 1 N–H and O–H groups in total. The van der Waals surface area contributed by atoms with Crippen LogP contribution in [0.5, 0.6) is 5.75 Å². The largest absolute Gasteiger partial charge is 0.488 e. The molecule has 0 atom stereocenters. The number of carbonyl (C=O) groups excluding carboxylic acids is 1. The van der Waals surface area contributed by atoms with Crippen LogP contribution in [0.4, 0.5) is 10.1 Å². The standard InChI is InChI=1S/C21H15FN2O2/c22-17-9-5-16(6-10-17)14-26-20-4-2-1-3-19(20)21(25)24-18-11-7-15(13-23)8-12-18/h1-12H,14H2,(H,24,25). The molecule has 0 saturated carbocycles. The van der Waals surface area contributed by atoms with E-state index in [9.17, 15) is 9.18 Å². The van der Waals surface area contributed by atoms with Crippen LogP contribution in [0.2, 0.25) is 0 Å². The van der Waals surface area contributed by atoms with Crippen molar-refractivity contribution in [3.05, 3.63) is 95.3 Å². The summed E-state index contributed by atoms with van der Waals surface area (Å²) in [6.45, 7) is 0.224. The smallest absolute Gasteiger partial charge is 0.259 e. The van der Waals surface area contributed by atoms with E-state index < -0.39 is 0 Å². The zero-order valence-corrected chi connectivity index (χ0v) is 13.8. The molecule has 0 aliphatic carbocycles. The summed E-state index contributed by atoms with van der Waals surface area (Å²) in [5.41, 5.74) is 2.29. The van der Waals surface area contributed by atoms with E-state index >= 15 is 0 Å². The molecule has 0 spiro atoms. The molecule has 0 aliphatic rings. The summed E-state index contributed by atoms with van der Waals surface area (Å²) in [5, 5.41) is 11.6. The van der Waals surface area contributed by atoms with E-state index in [1.165, 1.54) is 12.1 Å². The summed E-state index contributed by atoms with van der Waals surface area (Å²) in [6, 6.07) is 21.5. The van der Waals surface area contributed by atoms with Gasteiger partial charge in [-0.15, -0.1) is 0 Å². The lowest BCUT2D eigenvalue weighted by atomic mass is 10.1. The SMILES string of the molecule is N#Cc1ccc(NC(=O)c2ccccc2OCc2ccc(F)cc2)cc1. The number of anilines is 1. The van der Waals surface area contributed by atoms with Gasteiger partial charge >= 0.3 is 0 Å². The summed E-state index contributed by atoms with van der Waals surface area (Å²) in [4.78, 5) is 12.5. The van der Waals surface area contributed by atoms with Gasteiger partial charge in [0.15, 0.2) is 0 Å². The van der Waals surface area contributed by atoms with Gasteiger partial charge in [-0.25, -0.2) is 4.39 Å². The molecule has 128 valence electrons. The van der Waals surface area contributed by atoms with Gasteiger partial charge in [-0.3, -0.25) is 4.79 Å². The van der Waals surface area contributed by atoms with Crippen molar-refractivity contribution in [3.8, 4) is 11.8 Å². The van der Waals surface area contributed by atoms with Gasteiger partial charge < -0.3 is 10.1 Å². The number of halogens is 1. The first-order valence-corrected chi connectivity index (χ1v) is 7.93. The third kappa shape index (κ3) is 4.25. The Kier molecular flexibility index (Phi) is 5.25. The molecular weight excluding hydrogens is 331 g/mol. The first-order chi connectivity index (χ1) is 12.7. The summed E-state index contributed by atoms with van der Waals surface area (Å²) >= 11 is 0. The van der Waals surface area contributed by atoms with E-state index in [1.807, 2.05) is 6.07 Å². The number of para-hydroxylation sites is 1. The second-order valence-corrected chi connectivity index (χ2v) is 5.55. The van der Waals surface area contributed by atoms with E-state index in [2.05, 4.69) is 5.32 Å². The Morgan fingerprint density at radius 1 is 1.00 bits per heavy atom. The van der Waals surface area contributed by atoms with Crippen molar-refractivity contribution in [3.63, 3.8) is 0 Å². The van der Waals surface area contributed by atoms with Crippen LogP contribution in [0.15, 0.2) is 72.8 Å². The minimum atomic E-state index is -0.315. The van der Waals surface area contributed by atoms with E-state index in [1.54, 1.807) is 60.7 Å². The van der Waals surface area contributed by atoms with E-state index in [0.717, 1.165) is 5.56 Å². The number of hydrogen-bond donors (Lipinski definition) is 1. The summed E-state index contributed by atoms with van der Waals surface area (Å²) < 4.78 is 18.7. The van der Waals surface area contributed by atoms with Crippen LogP contribution in [0.1, 0.15) is 21.5 Å². The lowest BCUT2D eigenvalue weighted by molar-refractivity contribution is 0.102. The van der Waals surface area contributed by atoms with Gasteiger partial charge in [-0.2, -0.15) is 5.26 Å².